The Morgan fingerprint density at radius 1 is 1.53 bits per heavy atom. The Balaban J connectivity index is 3.20. The molecule has 0 atom stereocenters. The Morgan fingerprint density at radius 3 is 2.80 bits per heavy atom. The maximum atomic E-state index is 11.4. The van der Waals surface area contributed by atoms with Crippen LogP contribution in [0.5, 0.6) is 5.75 Å². The molecule has 2 heteroatoms. The summed E-state index contributed by atoms with van der Waals surface area (Å²) in [4.78, 5) is 11.4. The highest BCUT2D eigenvalue weighted by molar-refractivity contribution is 5.97. The van der Waals surface area contributed by atoms with Crippen LogP contribution in [0, 0.1) is 0 Å². The lowest BCUT2D eigenvalue weighted by Gasteiger charge is -2.12. The first-order valence-corrected chi connectivity index (χ1v) is 5.07. The first kappa shape index (κ1) is 11.5. The average Bonchev–Trinajstić information content (AvgIpc) is 2.21. The molecule has 0 aromatic heterocycles. The third-order valence-electron chi connectivity index (χ3n) is 2.13. The Bertz CT molecular complexity index is 367. The number of benzene rings is 1. The van der Waals surface area contributed by atoms with Crippen molar-refractivity contribution in [2.24, 2.45) is 0 Å². The van der Waals surface area contributed by atoms with E-state index in [1.807, 2.05) is 25.1 Å². The summed E-state index contributed by atoms with van der Waals surface area (Å²) >= 11 is 0. The summed E-state index contributed by atoms with van der Waals surface area (Å²) in [7, 11) is 0. The van der Waals surface area contributed by atoms with Gasteiger partial charge in [-0.3, -0.25) is 4.79 Å². The topological polar surface area (TPSA) is 26.3 Å². The molecular weight excluding hydrogens is 188 g/mol. The number of ether oxygens (including phenoxy) is 1. The van der Waals surface area contributed by atoms with E-state index in [0.29, 0.717) is 17.9 Å². The molecule has 0 unspecified atom stereocenters. The molecule has 1 aromatic rings. The summed E-state index contributed by atoms with van der Waals surface area (Å²) in [6.45, 7) is 7.72. The number of ketones is 1. The Hall–Kier alpha value is -1.57. The van der Waals surface area contributed by atoms with E-state index in [1.165, 1.54) is 0 Å². The molecule has 0 amide bonds. The van der Waals surface area contributed by atoms with Crippen molar-refractivity contribution in [1.82, 2.24) is 0 Å². The number of para-hydroxylation sites is 1. The molecule has 0 aliphatic heterocycles. The predicted molar refractivity (Wildman–Crippen MR) is 61.5 cm³/mol. The second kappa shape index (κ2) is 5.35. The van der Waals surface area contributed by atoms with E-state index < -0.39 is 0 Å². The largest absolute Gasteiger partial charge is 0.493 e. The Kier molecular flexibility index (Phi) is 4.10. The number of hydrogen-bond acceptors (Lipinski definition) is 2. The van der Waals surface area contributed by atoms with E-state index >= 15 is 0 Å². The molecule has 0 fully saturated rings. The fraction of sp³-hybridized carbons (Fsp3) is 0.308. The molecule has 0 aliphatic rings. The number of carbonyl (C=O) groups is 1. The summed E-state index contributed by atoms with van der Waals surface area (Å²) in [5, 5.41) is 0. The van der Waals surface area contributed by atoms with Crippen LogP contribution >= 0.6 is 0 Å². The summed E-state index contributed by atoms with van der Waals surface area (Å²) in [6, 6.07) is 5.62. The number of hydrogen-bond donors (Lipinski definition) is 0. The van der Waals surface area contributed by atoms with Gasteiger partial charge < -0.3 is 4.74 Å². The molecular formula is C13H16O2. The highest BCUT2D eigenvalue weighted by atomic mass is 16.5. The minimum Gasteiger partial charge on any atom is -0.493 e. The lowest BCUT2D eigenvalue weighted by atomic mass is 10.0. The van der Waals surface area contributed by atoms with Gasteiger partial charge in [0, 0.05) is 0 Å². The highest BCUT2D eigenvalue weighted by Gasteiger charge is 2.11. The summed E-state index contributed by atoms with van der Waals surface area (Å²) in [5.41, 5.74) is 1.66. The fourth-order valence-electron chi connectivity index (χ4n) is 1.49. The fourth-order valence-corrected chi connectivity index (χ4v) is 1.49. The maximum absolute atomic E-state index is 11.4. The van der Waals surface area contributed by atoms with Crippen molar-refractivity contribution in [3.8, 4) is 5.75 Å². The molecule has 0 bridgehead atoms. The second-order valence-corrected chi connectivity index (χ2v) is 3.28. The zero-order chi connectivity index (χ0) is 11.3. The van der Waals surface area contributed by atoms with E-state index in [4.69, 9.17) is 4.74 Å². The first-order chi connectivity index (χ1) is 7.20. The molecule has 2 nitrogen and oxygen atoms in total. The van der Waals surface area contributed by atoms with Crippen LogP contribution in [-0.4, -0.2) is 12.4 Å². The van der Waals surface area contributed by atoms with Crippen LogP contribution in [0.4, 0.5) is 0 Å². The van der Waals surface area contributed by atoms with Crippen molar-refractivity contribution in [3.05, 3.63) is 42.0 Å². The number of allylic oxidation sites excluding steroid dienone is 1. The number of rotatable bonds is 5. The van der Waals surface area contributed by atoms with E-state index in [1.54, 1.807) is 13.0 Å². The first-order valence-electron chi connectivity index (χ1n) is 5.07. The van der Waals surface area contributed by atoms with Gasteiger partial charge in [-0.1, -0.05) is 18.2 Å². The van der Waals surface area contributed by atoms with Gasteiger partial charge in [-0.05, 0) is 31.9 Å². The molecule has 80 valence electrons. The zero-order valence-corrected chi connectivity index (χ0v) is 9.25. The lowest BCUT2D eigenvalue weighted by molar-refractivity contribution is 0.101. The molecule has 0 N–H and O–H groups in total. The predicted octanol–water partition coefficient (Wildman–Crippen LogP) is 3.02. The quantitative estimate of drug-likeness (QED) is 0.544. The van der Waals surface area contributed by atoms with Crippen LogP contribution in [0.2, 0.25) is 0 Å². The van der Waals surface area contributed by atoms with Crippen LogP contribution < -0.4 is 4.74 Å². The van der Waals surface area contributed by atoms with Crippen LogP contribution in [0.25, 0.3) is 0 Å². The molecule has 0 saturated heterocycles. The molecule has 0 spiro atoms. The molecule has 0 aliphatic carbocycles. The van der Waals surface area contributed by atoms with Gasteiger partial charge in [-0.25, -0.2) is 0 Å². The molecule has 0 heterocycles. The molecule has 1 aromatic carbocycles. The smallest absolute Gasteiger partial charge is 0.163 e. The summed E-state index contributed by atoms with van der Waals surface area (Å²) in [6.07, 6.45) is 2.53. The third-order valence-corrected chi connectivity index (χ3v) is 2.13. The Morgan fingerprint density at radius 2 is 2.27 bits per heavy atom. The zero-order valence-electron chi connectivity index (χ0n) is 9.25. The van der Waals surface area contributed by atoms with Crippen molar-refractivity contribution >= 4 is 5.78 Å². The van der Waals surface area contributed by atoms with E-state index in [0.717, 1.165) is 12.0 Å². The standard InChI is InChI=1S/C13H16O2/c1-4-7-11-8-6-9-12(10(3)14)13(11)15-5-2/h4,6,8-9H,1,5,7H2,2-3H3. The minimum absolute atomic E-state index is 0.0318. The lowest BCUT2D eigenvalue weighted by Crippen LogP contribution is -2.03. The SMILES string of the molecule is C=CCc1cccc(C(C)=O)c1OCC. The Labute approximate surface area is 90.6 Å². The van der Waals surface area contributed by atoms with Crippen molar-refractivity contribution in [2.75, 3.05) is 6.61 Å². The van der Waals surface area contributed by atoms with Gasteiger partial charge in [0.25, 0.3) is 0 Å². The highest BCUT2D eigenvalue weighted by Crippen LogP contribution is 2.25. The van der Waals surface area contributed by atoms with Crippen molar-refractivity contribution in [2.45, 2.75) is 20.3 Å². The van der Waals surface area contributed by atoms with Crippen LogP contribution in [0.15, 0.2) is 30.9 Å². The third kappa shape index (κ3) is 2.69. The average molecular weight is 204 g/mol. The summed E-state index contributed by atoms with van der Waals surface area (Å²) in [5.74, 6) is 0.733. The molecule has 15 heavy (non-hydrogen) atoms. The van der Waals surface area contributed by atoms with Crippen molar-refractivity contribution in [3.63, 3.8) is 0 Å². The molecule has 0 saturated carbocycles. The van der Waals surface area contributed by atoms with Crippen LogP contribution in [0.1, 0.15) is 29.8 Å². The maximum Gasteiger partial charge on any atom is 0.163 e. The number of Topliss-reactive ketones (excluding diaryl/α,β-unsaturated/α-hetero) is 1. The van der Waals surface area contributed by atoms with E-state index in [-0.39, 0.29) is 5.78 Å². The van der Waals surface area contributed by atoms with Crippen molar-refractivity contribution in [1.29, 1.82) is 0 Å². The monoisotopic (exact) mass is 204 g/mol. The van der Waals surface area contributed by atoms with Crippen molar-refractivity contribution < 1.29 is 9.53 Å². The second-order valence-electron chi connectivity index (χ2n) is 3.28. The van der Waals surface area contributed by atoms with Gasteiger partial charge in [0.15, 0.2) is 5.78 Å². The normalized spacial score (nSPS) is 9.73. The molecule has 0 radical (unpaired) electrons. The summed E-state index contributed by atoms with van der Waals surface area (Å²) < 4.78 is 5.51. The minimum atomic E-state index is 0.0318. The van der Waals surface area contributed by atoms with Crippen LogP contribution in [0.3, 0.4) is 0 Å². The molecule has 1 rings (SSSR count). The van der Waals surface area contributed by atoms with E-state index in [9.17, 15) is 4.79 Å². The van der Waals surface area contributed by atoms with Gasteiger partial charge in [-0.2, -0.15) is 0 Å². The van der Waals surface area contributed by atoms with Gasteiger partial charge >= 0.3 is 0 Å². The number of carbonyl (C=O) groups excluding carboxylic acids is 1. The van der Waals surface area contributed by atoms with Gasteiger partial charge in [-0.15, -0.1) is 6.58 Å². The van der Waals surface area contributed by atoms with E-state index in [2.05, 4.69) is 6.58 Å². The van der Waals surface area contributed by atoms with Gasteiger partial charge in [0.2, 0.25) is 0 Å². The van der Waals surface area contributed by atoms with Gasteiger partial charge in [0.05, 0.1) is 12.2 Å². The van der Waals surface area contributed by atoms with Crippen LogP contribution in [-0.2, 0) is 6.42 Å². The van der Waals surface area contributed by atoms with Gasteiger partial charge in [0.1, 0.15) is 5.75 Å².